The first kappa shape index (κ1) is 16.2. The maximum absolute atomic E-state index is 13.2. The highest BCUT2D eigenvalue weighted by Gasteiger charge is 2.22. The molecule has 3 aromatic carbocycles. The highest BCUT2D eigenvalue weighted by atomic mass is 16.3. The lowest BCUT2D eigenvalue weighted by molar-refractivity contribution is 0.103. The molecule has 1 heterocycles. The van der Waals surface area contributed by atoms with Crippen molar-refractivity contribution in [3.8, 4) is 5.75 Å². The first-order valence-electron chi connectivity index (χ1n) is 8.52. The molecule has 1 N–H and O–H groups in total. The van der Waals surface area contributed by atoms with E-state index in [1.807, 2.05) is 67.6 Å². The number of fused-ring (bicyclic) bond motifs is 1. The van der Waals surface area contributed by atoms with Crippen LogP contribution in [0.3, 0.4) is 0 Å². The lowest BCUT2D eigenvalue weighted by Gasteiger charge is -2.06. The molecule has 128 valence electrons. The van der Waals surface area contributed by atoms with Crippen LogP contribution in [0.5, 0.6) is 5.75 Å². The van der Waals surface area contributed by atoms with E-state index in [1.54, 1.807) is 12.1 Å². The number of hydrogen-bond donors (Lipinski definition) is 1. The van der Waals surface area contributed by atoms with Crippen molar-refractivity contribution in [2.75, 3.05) is 0 Å². The van der Waals surface area contributed by atoms with Crippen LogP contribution in [0.25, 0.3) is 11.0 Å². The second-order valence-electron chi connectivity index (χ2n) is 6.40. The topological polar surface area (TPSA) is 50.4 Å². The van der Waals surface area contributed by atoms with Gasteiger partial charge in [-0.15, -0.1) is 0 Å². The summed E-state index contributed by atoms with van der Waals surface area (Å²) >= 11 is 0. The standard InChI is InChI=1S/C23H18O3/c1-15-10-12-16(13-11-15)23(25)22-18-7-3-5-9-20(18)26-21(22)14-17-6-2-4-8-19(17)24/h2-13,24H,14H2,1H3. The maximum atomic E-state index is 13.2. The Hall–Kier alpha value is -3.33. The molecule has 0 amide bonds. The molecule has 26 heavy (non-hydrogen) atoms. The van der Waals surface area contributed by atoms with E-state index in [9.17, 15) is 9.90 Å². The Labute approximate surface area is 151 Å². The molecule has 0 radical (unpaired) electrons. The molecule has 0 fully saturated rings. The highest BCUT2D eigenvalue weighted by molar-refractivity contribution is 6.16. The number of benzene rings is 3. The number of aryl methyl sites for hydroxylation is 1. The van der Waals surface area contributed by atoms with Crippen LogP contribution in [0, 0.1) is 6.92 Å². The fourth-order valence-electron chi connectivity index (χ4n) is 3.15. The van der Waals surface area contributed by atoms with Crippen molar-refractivity contribution in [2.45, 2.75) is 13.3 Å². The highest BCUT2D eigenvalue weighted by Crippen LogP contribution is 2.31. The van der Waals surface area contributed by atoms with Crippen LogP contribution in [0.4, 0.5) is 0 Å². The van der Waals surface area contributed by atoms with Crippen molar-refractivity contribution < 1.29 is 14.3 Å². The van der Waals surface area contributed by atoms with Gasteiger partial charge in [-0.1, -0.05) is 66.2 Å². The van der Waals surface area contributed by atoms with Gasteiger partial charge in [-0.25, -0.2) is 0 Å². The maximum Gasteiger partial charge on any atom is 0.197 e. The first-order valence-corrected chi connectivity index (χ1v) is 8.52. The molecule has 0 atom stereocenters. The van der Waals surface area contributed by atoms with Crippen LogP contribution in [0.1, 0.15) is 32.8 Å². The van der Waals surface area contributed by atoms with Gasteiger partial charge in [-0.2, -0.15) is 0 Å². The third kappa shape index (κ3) is 2.88. The lowest BCUT2D eigenvalue weighted by Crippen LogP contribution is -2.04. The molecular weight excluding hydrogens is 324 g/mol. The van der Waals surface area contributed by atoms with E-state index < -0.39 is 0 Å². The number of rotatable bonds is 4. The monoisotopic (exact) mass is 342 g/mol. The summed E-state index contributed by atoms with van der Waals surface area (Å²) in [6, 6.07) is 22.2. The summed E-state index contributed by atoms with van der Waals surface area (Å²) in [6.45, 7) is 1.99. The molecule has 3 heteroatoms. The van der Waals surface area contributed by atoms with Gasteiger partial charge in [-0.05, 0) is 19.1 Å². The Bertz CT molecular complexity index is 1090. The Morgan fingerprint density at radius 1 is 0.923 bits per heavy atom. The number of phenols is 1. The van der Waals surface area contributed by atoms with Crippen LogP contribution in [0.2, 0.25) is 0 Å². The summed E-state index contributed by atoms with van der Waals surface area (Å²) in [5.41, 5.74) is 3.69. The molecule has 0 saturated heterocycles. The van der Waals surface area contributed by atoms with E-state index in [0.29, 0.717) is 28.9 Å². The SMILES string of the molecule is Cc1ccc(C(=O)c2c(Cc3ccccc3O)oc3ccccc23)cc1. The molecule has 0 bridgehead atoms. The Morgan fingerprint density at radius 3 is 2.38 bits per heavy atom. The van der Waals surface area contributed by atoms with E-state index in [2.05, 4.69) is 0 Å². The molecule has 0 aliphatic carbocycles. The van der Waals surface area contributed by atoms with Crippen LogP contribution in [-0.4, -0.2) is 10.9 Å². The summed E-state index contributed by atoms with van der Waals surface area (Å²) in [5.74, 6) is 0.695. The average molecular weight is 342 g/mol. The zero-order chi connectivity index (χ0) is 18.1. The third-order valence-electron chi connectivity index (χ3n) is 4.55. The minimum Gasteiger partial charge on any atom is -0.508 e. The second kappa shape index (κ2) is 6.52. The first-order chi connectivity index (χ1) is 12.6. The van der Waals surface area contributed by atoms with Crippen molar-refractivity contribution in [3.63, 3.8) is 0 Å². The summed E-state index contributed by atoms with van der Waals surface area (Å²) in [4.78, 5) is 13.2. The van der Waals surface area contributed by atoms with E-state index in [-0.39, 0.29) is 11.5 Å². The lowest BCUT2D eigenvalue weighted by atomic mass is 9.97. The Balaban J connectivity index is 1.85. The van der Waals surface area contributed by atoms with Gasteiger partial charge in [0.15, 0.2) is 5.78 Å². The quantitative estimate of drug-likeness (QED) is 0.514. The van der Waals surface area contributed by atoms with Crippen LogP contribution >= 0.6 is 0 Å². The molecule has 0 saturated carbocycles. The van der Waals surface area contributed by atoms with Crippen LogP contribution in [0.15, 0.2) is 77.2 Å². The van der Waals surface area contributed by atoms with Crippen LogP contribution in [-0.2, 0) is 6.42 Å². The zero-order valence-electron chi connectivity index (χ0n) is 14.4. The van der Waals surface area contributed by atoms with Gasteiger partial charge in [0.2, 0.25) is 0 Å². The number of para-hydroxylation sites is 2. The molecule has 0 aliphatic rings. The number of phenolic OH excluding ortho intramolecular Hbond substituents is 1. The van der Waals surface area contributed by atoms with Crippen molar-refractivity contribution in [3.05, 3.63) is 101 Å². The summed E-state index contributed by atoms with van der Waals surface area (Å²) < 4.78 is 5.99. The van der Waals surface area contributed by atoms with Crippen molar-refractivity contribution in [1.82, 2.24) is 0 Å². The largest absolute Gasteiger partial charge is 0.508 e. The molecule has 0 unspecified atom stereocenters. The summed E-state index contributed by atoms with van der Waals surface area (Å²) in [6.07, 6.45) is 0.355. The predicted molar refractivity (Wildman–Crippen MR) is 102 cm³/mol. The van der Waals surface area contributed by atoms with E-state index >= 15 is 0 Å². The van der Waals surface area contributed by atoms with Gasteiger partial charge >= 0.3 is 0 Å². The normalized spacial score (nSPS) is 11.0. The van der Waals surface area contributed by atoms with Gasteiger partial charge in [0.05, 0.1) is 5.56 Å². The number of aromatic hydroxyl groups is 1. The molecule has 4 rings (SSSR count). The summed E-state index contributed by atoms with van der Waals surface area (Å²) in [5, 5.41) is 10.9. The minimum atomic E-state index is -0.0691. The smallest absolute Gasteiger partial charge is 0.197 e. The number of carbonyl (C=O) groups is 1. The molecular formula is C23H18O3. The average Bonchev–Trinajstić information content (AvgIpc) is 3.01. The fourth-order valence-corrected chi connectivity index (χ4v) is 3.15. The predicted octanol–water partition coefficient (Wildman–Crippen LogP) is 5.27. The van der Waals surface area contributed by atoms with Gasteiger partial charge < -0.3 is 9.52 Å². The second-order valence-corrected chi connectivity index (χ2v) is 6.40. The fraction of sp³-hybridized carbons (Fsp3) is 0.0870. The molecule has 0 spiro atoms. The molecule has 3 nitrogen and oxygen atoms in total. The summed E-state index contributed by atoms with van der Waals surface area (Å²) in [7, 11) is 0. The third-order valence-corrected chi connectivity index (χ3v) is 4.55. The van der Waals surface area contributed by atoms with Crippen LogP contribution < -0.4 is 0 Å². The molecule has 4 aromatic rings. The Kier molecular flexibility index (Phi) is 4.05. The van der Waals surface area contributed by atoms with Crippen molar-refractivity contribution in [2.24, 2.45) is 0 Å². The zero-order valence-corrected chi connectivity index (χ0v) is 14.4. The number of ketones is 1. The molecule has 1 aromatic heterocycles. The number of carbonyl (C=O) groups excluding carboxylic acids is 1. The number of hydrogen-bond acceptors (Lipinski definition) is 3. The van der Waals surface area contributed by atoms with Gasteiger partial charge in [0, 0.05) is 22.9 Å². The van der Waals surface area contributed by atoms with E-state index in [1.165, 1.54) is 0 Å². The van der Waals surface area contributed by atoms with Gasteiger partial charge in [0.25, 0.3) is 0 Å². The van der Waals surface area contributed by atoms with Gasteiger partial charge in [0.1, 0.15) is 17.1 Å². The van der Waals surface area contributed by atoms with E-state index in [0.717, 1.165) is 16.5 Å². The van der Waals surface area contributed by atoms with Crippen molar-refractivity contribution in [1.29, 1.82) is 0 Å². The van der Waals surface area contributed by atoms with E-state index in [4.69, 9.17) is 4.42 Å². The minimum absolute atomic E-state index is 0.0691. The van der Waals surface area contributed by atoms with Crippen molar-refractivity contribution >= 4 is 16.8 Å². The molecule has 0 aliphatic heterocycles. The number of furan rings is 1. The van der Waals surface area contributed by atoms with Gasteiger partial charge in [-0.3, -0.25) is 4.79 Å². The Morgan fingerprint density at radius 2 is 1.62 bits per heavy atom.